The van der Waals surface area contributed by atoms with Crippen LogP contribution in [0.5, 0.6) is 11.5 Å². The van der Waals surface area contributed by atoms with Gasteiger partial charge in [-0.25, -0.2) is 0 Å². The molecule has 3 aliphatic heterocycles. The first-order valence-corrected chi connectivity index (χ1v) is 8.57. The maximum absolute atomic E-state index is 12.9. The molecule has 0 bridgehead atoms. The lowest BCUT2D eigenvalue weighted by Crippen LogP contribution is -2.36. The number of carbonyl (C=O) groups excluding carboxylic acids is 1. The number of rotatable bonds is 2. The number of fused-ring (bicyclic) bond motifs is 1. The fourth-order valence-corrected chi connectivity index (χ4v) is 3.66. The van der Waals surface area contributed by atoms with Crippen LogP contribution in [0.25, 0.3) is 0 Å². The van der Waals surface area contributed by atoms with Crippen LogP contribution in [0, 0.1) is 0 Å². The van der Waals surface area contributed by atoms with E-state index in [9.17, 15) is 4.79 Å². The van der Waals surface area contributed by atoms with Gasteiger partial charge in [-0.1, -0.05) is 5.16 Å². The van der Waals surface area contributed by atoms with Crippen LogP contribution < -0.4 is 9.47 Å². The van der Waals surface area contributed by atoms with E-state index in [0.29, 0.717) is 36.6 Å². The molecule has 7 nitrogen and oxygen atoms in total. The Balaban J connectivity index is 1.30. The second kappa shape index (κ2) is 5.72. The Morgan fingerprint density at radius 2 is 2.12 bits per heavy atom. The number of benzene rings is 1. The minimum absolute atomic E-state index is 0.0291. The number of amides is 1. The highest BCUT2D eigenvalue weighted by atomic mass is 16.7. The number of carbonyl (C=O) groups is 1. The van der Waals surface area contributed by atoms with Crippen molar-refractivity contribution >= 4 is 11.6 Å². The lowest BCUT2D eigenvalue weighted by atomic mass is 9.94. The highest BCUT2D eigenvalue weighted by Gasteiger charge is 2.47. The molecule has 1 amide bonds. The van der Waals surface area contributed by atoms with Gasteiger partial charge in [-0.05, 0) is 30.3 Å². The smallest absolute Gasteiger partial charge is 0.254 e. The van der Waals surface area contributed by atoms with Crippen LogP contribution in [0.3, 0.4) is 0 Å². The summed E-state index contributed by atoms with van der Waals surface area (Å²) in [6, 6.07) is 9.14. The second-order valence-corrected chi connectivity index (χ2v) is 6.78. The Hall–Kier alpha value is -3.09. The van der Waals surface area contributed by atoms with Crippen LogP contribution in [0.15, 0.2) is 47.9 Å². The molecule has 1 atom stereocenters. The van der Waals surface area contributed by atoms with Crippen molar-refractivity contribution in [3.8, 4) is 11.5 Å². The quantitative estimate of drug-likeness (QED) is 0.829. The zero-order chi connectivity index (χ0) is 17.6. The molecule has 1 fully saturated rings. The molecule has 4 heterocycles. The van der Waals surface area contributed by atoms with E-state index in [0.717, 1.165) is 17.7 Å². The fraction of sp³-hybridized carbons (Fsp3) is 0.316. The number of pyridine rings is 1. The van der Waals surface area contributed by atoms with E-state index >= 15 is 0 Å². The van der Waals surface area contributed by atoms with Crippen LogP contribution in [0.1, 0.15) is 28.8 Å². The van der Waals surface area contributed by atoms with Gasteiger partial charge in [0, 0.05) is 42.9 Å². The molecule has 1 saturated heterocycles. The van der Waals surface area contributed by atoms with Crippen molar-refractivity contribution in [1.29, 1.82) is 0 Å². The number of hydrogen-bond donors (Lipinski definition) is 0. The second-order valence-electron chi connectivity index (χ2n) is 6.78. The molecule has 132 valence electrons. The Kier molecular flexibility index (Phi) is 3.34. The summed E-state index contributed by atoms with van der Waals surface area (Å²) in [5, 5.41) is 4.26. The van der Waals surface area contributed by atoms with Crippen molar-refractivity contribution in [2.45, 2.75) is 18.4 Å². The van der Waals surface area contributed by atoms with Crippen LogP contribution >= 0.6 is 0 Å². The monoisotopic (exact) mass is 351 g/mol. The van der Waals surface area contributed by atoms with E-state index in [1.807, 2.05) is 17.0 Å². The summed E-state index contributed by atoms with van der Waals surface area (Å²) in [7, 11) is 0. The molecule has 7 heteroatoms. The standard InChI is InChI=1S/C19H17N3O4/c23-18(13-3-4-16-17(8-13)25-12-24-16)22-7-5-19(11-22)9-15(21-26-19)14-2-1-6-20-10-14/h1-4,6,8,10H,5,7,9,11-12H2. The van der Waals surface area contributed by atoms with Gasteiger partial charge in [-0.15, -0.1) is 0 Å². The molecule has 3 aliphatic rings. The maximum atomic E-state index is 12.9. The van der Waals surface area contributed by atoms with E-state index in [-0.39, 0.29) is 12.7 Å². The number of oxime groups is 1. The topological polar surface area (TPSA) is 73.3 Å². The molecule has 5 rings (SSSR count). The van der Waals surface area contributed by atoms with Crippen molar-refractivity contribution in [2.75, 3.05) is 19.9 Å². The molecule has 1 spiro atoms. The summed E-state index contributed by atoms with van der Waals surface area (Å²) in [4.78, 5) is 24.6. The first-order valence-electron chi connectivity index (χ1n) is 8.57. The fourth-order valence-electron chi connectivity index (χ4n) is 3.66. The van der Waals surface area contributed by atoms with Gasteiger partial charge in [0.25, 0.3) is 5.91 Å². The molecule has 1 aromatic heterocycles. The largest absolute Gasteiger partial charge is 0.454 e. The molecular formula is C19H17N3O4. The van der Waals surface area contributed by atoms with E-state index in [2.05, 4.69) is 10.1 Å². The first kappa shape index (κ1) is 15.2. The number of aromatic nitrogens is 1. The molecular weight excluding hydrogens is 334 g/mol. The minimum Gasteiger partial charge on any atom is -0.454 e. The van der Waals surface area contributed by atoms with Gasteiger partial charge < -0.3 is 19.2 Å². The van der Waals surface area contributed by atoms with E-state index in [4.69, 9.17) is 14.3 Å². The Labute approximate surface area is 150 Å². The first-order chi connectivity index (χ1) is 12.7. The summed E-state index contributed by atoms with van der Waals surface area (Å²) in [5.74, 6) is 1.26. The minimum atomic E-state index is -0.433. The van der Waals surface area contributed by atoms with Crippen molar-refractivity contribution in [1.82, 2.24) is 9.88 Å². The SMILES string of the molecule is O=C(c1ccc2c(c1)OCO2)N1CCC2(CC(c3cccnc3)=NO2)C1. The Morgan fingerprint density at radius 1 is 1.19 bits per heavy atom. The van der Waals surface area contributed by atoms with Crippen molar-refractivity contribution < 1.29 is 19.1 Å². The van der Waals surface area contributed by atoms with Crippen LogP contribution in [0.2, 0.25) is 0 Å². The third kappa shape index (κ3) is 2.47. The highest BCUT2D eigenvalue weighted by molar-refractivity contribution is 6.01. The molecule has 1 aromatic carbocycles. The summed E-state index contributed by atoms with van der Waals surface area (Å²) in [6.45, 7) is 1.36. The van der Waals surface area contributed by atoms with Crippen molar-refractivity contribution in [3.63, 3.8) is 0 Å². The van der Waals surface area contributed by atoms with Crippen molar-refractivity contribution in [3.05, 3.63) is 53.9 Å². The number of hydrogen-bond acceptors (Lipinski definition) is 6. The van der Waals surface area contributed by atoms with Gasteiger partial charge in [-0.2, -0.15) is 0 Å². The molecule has 0 radical (unpaired) electrons. The highest BCUT2D eigenvalue weighted by Crippen LogP contribution is 2.37. The third-order valence-electron chi connectivity index (χ3n) is 5.06. The van der Waals surface area contributed by atoms with Crippen LogP contribution in [-0.2, 0) is 4.84 Å². The van der Waals surface area contributed by atoms with Gasteiger partial charge in [0.05, 0.1) is 12.3 Å². The summed E-state index contributed by atoms with van der Waals surface area (Å²) in [6.07, 6.45) is 4.96. The van der Waals surface area contributed by atoms with Crippen molar-refractivity contribution in [2.24, 2.45) is 5.16 Å². The van der Waals surface area contributed by atoms with Gasteiger partial charge in [0.1, 0.15) is 0 Å². The normalized spacial score (nSPS) is 23.2. The van der Waals surface area contributed by atoms with Crippen LogP contribution in [-0.4, -0.2) is 47.0 Å². The average Bonchev–Trinajstić information content (AvgIpc) is 3.42. The zero-order valence-corrected chi connectivity index (χ0v) is 14.1. The maximum Gasteiger partial charge on any atom is 0.254 e. The van der Waals surface area contributed by atoms with E-state index in [1.54, 1.807) is 30.6 Å². The van der Waals surface area contributed by atoms with E-state index in [1.165, 1.54) is 0 Å². The number of likely N-dealkylation sites (tertiary alicyclic amines) is 1. The van der Waals surface area contributed by atoms with E-state index < -0.39 is 5.60 Å². The summed E-state index contributed by atoms with van der Waals surface area (Å²) < 4.78 is 10.7. The van der Waals surface area contributed by atoms with Gasteiger partial charge >= 0.3 is 0 Å². The number of ether oxygens (including phenoxy) is 2. The predicted octanol–water partition coefficient (Wildman–Crippen LogP) is 2.22. The third-order valence-corrected chi connectivity index (χ3v) is 5.06. The molecule has 1 unspecified atom stereocenters. The Morgan fingerprint density at radius 3 is 3.00 bits per heavy atom. The number of nitrogens with zero attached hydrogens (tertiary/aromatic N) is 3. The van der Waals surface area contributed by atoms with Crippen LogP contribution in [0.4, 0.5) is 0 Å². The predicted molar refractivity (Wildman–Crippen MR) is 92.3 cm³/mol. The average molecular weight is 351 g/mol. The Bertz CT molecular complexity index is 899. The molecule has 0 aliphatic carbocycles. The molecule has 0 saturated carbocycles. The van der Waals surface area contributed by atoms with Gasteiger partial charge in [0.2, 0.25) is 6.79 Å². The summed E-state index contributed by atoms with van der Waals surface area (Å²) >= 11 is 0. The lowest BCUT2D eigenvalue weighted by molar-refractivity contribution is -0.00917. The molecule has 2 aromatic rings. The zero-order valence-electron chi connectivity index (χ0n) is 14.1. The lowest BCUT2D eigenvalue weighted by Gasteiger charge is -2.22. The van der Waals surface area contributed by atoms with Gasteiger partial charge in [-0.3, -0.25) is 9.78 Å². The van der Waals surface area contributed by atoms with Gasteiger partial charge in [0.15, 0.2) is 17.1 Å². The molecule has 26 heavy (non-hydrogen) atoms. The molecule has 0 N–H and O–H groups in total. The summed E-state index contributed by atoms with van der Waals surface area (Å²) in [5.41, 5.74) is 2.01.